The van der Waals surface area contributed by atoms with Crippen LogP contribution in [0.3, 0.4) is 0 Å². The predicted molar refractivity (Wildman–Crippen MR) is 508 cm³/mol. The number of Topliss-reactive ketones (excluding diaryl/α,β-unsaturated/α-hetero) is 3. The summed E-state index contributed by atoms with van der Waals surface area (Å²) in [5.41, 5.74) is 28.7. The number of hydrogen-bond acceptors (Lipinski definition) is 34. The van der Waals surface area contributed by atoms with Crippen molar-refractivity contribution in [2.45, 2.75) is 218 Å². The summed E-state index contributed by atoms with van der Waals surface area (Å²) in [6.07, 6.45) is 14.4. The van der Waals surface area contributed by atoms with Crippen LogP contribution in [-0.4, -0.2) is 302 Å². The van der Waals surface area contributed by atoms with E-state index >= 15 is 0 Å². The summed E-state index contributed by atoms with van der Waals surface area (Å²) in [6, 6.07) is 9.61. The number of oxazole rings is 1. The van der Waals surface area contributed by atoms with Crippen LogP contribution >= 0.6 is 0 Å². The molecule has 5 aromatic heterocycles. The second-order valence-corrected chi connectivity index (χ2v) is 37.3. The summed E-state index contributed by atoms with van der Waals surface area (Å²) in [4.78, 5) is 153. The molecule has 1 saturated carbocycles. The quantitative estimate of drug-likeness (QED) is 0.0115. The zero-order valence-electron chi connectivity index (χ0n) is 80.0. The van der Waals surface area contributed by atoms with Gasteiger partial charge in [-0.15, -0.1) is 0 Å². The van der Waals surface area contributed by atoms with E-state index in [4.69, 9.17) is 79.3 Å². The number of anilines is 4. The average Bonchev–Trinajstić information content (AvgIpc) is 1.16. The van der Waals surface area contributed by atoms with E-state index < -0.39 is 120 Å². The maximum absolute atomic E-state index is 14.8. The number of piperazine rings is 1. The maximum Gasteiger partial charge on any atom is 0.410 e. The van der Waals surface area contributed by atoms with E-state index in [1.54, 1.807) is 45.0 Å². The van der Waals surface area contributed by atoms with Gasteiger partial charge in [-0.2, -0.15) is 10.1 Å². The molecule has 0 radical (unpaired) electrons. The number of ketones is 3. The molecule has 744 valence electrons. The molecule has 11 heterocycles. The first-order valence-electron chi connectivity index (χ1n) is 48.1. The van der Waals surface area contributed by atoms with Crippen molar-refractivity contribution in [3.63, 3.8) is 0 Å². The number of benzene rings is 2. The lowest BCUT2D eigenvalue weighted by atomic mass is 9.80. The fourth-order valence-corrected chi connectivity index (χ4v) is 19.3. The molecule has 4 amide bonds. The van der Waals surface area contributed by atoms with Crippen molar-refractivity contribution >= 4 is 93.0 Å². The number of hydrogen-bond donors (Lipinski definition) is 7. The van der Waals surface area contributed by atoms with Gasteiger partial charge < -0.3 is 109 Å². The van der Waals surface area contributed by atoms with Gasteiger partial charge in [-0.1, -0.05) is 82.4 Å². The van der Waals surface area contributed by atoms with Crippen LogP contribution in [0.15, 0.2) is 113 Å². The Morgan fingerprint density at radius 2 is 1.41 bits per heavy atom. The molecule has 10 N–H and O–H groups in total. The first-order valence-corrected chi connectivity index (χ1v) is 48.1. The van der Waals surface area contributed by atoms with Crippen molar-refractivity contribution in [3.05, 3.63) is 142 Å². The molecular formula is C99H132N18O21. The third-order valence-electron chi connectivity index (χ3n) is 27.5. The van der Waals surface area contributed by atoms with Crippen LogP contribution in [0.1, 0.15) is 163 Å². The maximum atomic E-state index is 14.8. The molecule has 7 aliphatic rings. The van der Waals surface area contributed by atoms with Crippen molar-refractivity contribution in [1.82, 2.24) is 64.7 Å². The summed E-state index contributed by atoms with van der Waals surface area (Å²) < 4.78 is 60.6. The lowest BCUT2D eigenvalue weighted by Crippen LogP contribution is -2.61. The minimum Gasteiger partial charge on any atom is -0.459 e. The minimum absolute atomic E-state index is 0.00823. The van der Waals surface area contributed by atoms with E-state index in [1.165, 1.54) is 44.4 Å². The molecule has 1 aliphatic carbocycles. The zero-order valence-corrected chi connectivity index (χ0v) is 80.0. The third kappa shape index (κ3) is 25.8. The summed E-state index contributed by atoms with van der Waals surface area (Å²) in [5, 5.41) is 43.2. The number of piperidine rings is 1. The monoisotopic (exact) mass is 1910 g/mol. The number of methoxy groups -OCH3 is 2. The van der Waals surface area contributed by atoms with Crippen molar-refractivity contribution in [1.29, 1.82) is 0 Å². The standard InChI is InChI=1S/C99H132N18O21/c1-59-14-10-9-11-15-60(2)80(129-7)50-72-22-17-64(6)99(128,138-72)89(123)93(125)116-29-13-12-16-76(116)94(126)135-81(51-77(118)61(3)45-63(5)87(121)88(122)86(120)62(4)44-59)73(100)47-65-19-23-79(82(48-65)130-8)137-98(127)115-31-26-74-71(57-115)54-106-97(110-74)113-34-32-112(33-35-113)96-104-52-70(53-105-96)92(124)103-28-37-132-39-41-134-43-42-133-40-38-131-36-27-83(119)114-30-25-67-46-66(18-20-69(67)56-114)55-117-91-84(90(101)107-58-108-91)85(111-117)68-21-24-78-75(49-68)109-95(102)136-78/h9-11,14-15,18,20-21,24,45-46,49,52-54,58-59,61-62,64-65,72-73,76,79-82,87-88,121-122,128H,12-13,16-17,19,22-23,25-44,47-48,50-51,55-57,100H2,1-8H3,(H2,102,109)(H,103,124)(H2,101,107,108)/b11-9?,14-10+,60-15?,63-45+/t59-,61-,62-,64-,65+,72+,73-,76+,79-,80+,81+,82-,87-,88+,99-/m1/s1. The van der Waals surface area contributed by atoms with Gasteiger partial charge in [0.05, 0.1) is 107 Å². The Labute approximate surface area is 802 Å². The molecule has 39 heteroatoms. The molecule has 0 spiro atoms. The SMILES string of the molecule is CO[C@H]1C[C@@H]2CC[C@@H](C)[C@@](O)(O2)C(=O)C(=O)N2CCCC[C@H]2C(=O)O[C@H]([C@H](N)C[C@@H]2CC[C@@H](OC(=O)N3CCc4nc(N5CCN(c6ncc(C(=O)NCCOCCOCCOCCOCCC(=O)N7CCc8cc(Cn9nc(-c%10ccc%11oc(N)nc%11c%10)c%10c(N)ncnc%109)ccc8C7)cn6)CC5)ncc4C3)[C@H](OC)C2)CC(=O)[C@H](C)/C=C(\C)[C@@H](O)[C@@H](O)C(=O)[C@H](C)C[C@H](C)/C=C/C=CC=C1C. The van der Waals surface area contributed by atoms with Gasteiger partial charge in [0, 0.05) is 146 Å². The van der Waals surface area contributed by atoms with Crippen LogP contribution in [0.5, 0.6) is 0 Å². The first kappa shape index (κ1) is 102. The molecular weight excluding hydrogens is 1780 g/mol. The van der Waals surface area contributed by atoms with E-state index in [1.807, 2.05) is 76.9 Å². The number of amides is 4. The second-order valence-electron chi connectivity index (χ2n) is 37.3. The number of rotatable bonds is 27. The number of nitrogens with zero attached hydrogens (tertiary/aromatic N) is 14. The highest BCUT2D eigenvalue weighted by Gasteiger charge is 2.54. The summed E-state index contributed by atoms with van der Waals surface area (Å²) in [7, 11) is 3.09. The van der Waals surface area contributed by atoms with E-state index in [0.717, 1.165) is 38.4 Å². The highest BCUT2D eigenvalue weighted by Crippen LogP contribution is 2.40. The Balaban J connectivity index is 0.474. The molecule has 4 fully saturated rings. The highest BCUT2D eigenvalue weighted by atomic mass is 16.6. The van der Waals surface area contributed by atoms with Crippen LogP contribution in [0.4, 0.5) is 28.5 Å². The van der Waals surface area contributed by atoms with Crippen LogP contribution in [0, 0.1) is 29.6 Å². The van der Waals surface area contributed by atoms with Crippen LogP contribution in [0.25, 0.3) is 33.4 Å². The summed E-state index contributed by atoms with van der Waals surface area (Å²) in [6.45, 7) is 17.5. The Morgan fingerprint density at radius 1 is 0.688 bits per heavy atom. The molecule has 7 aromatic rings. The van der Waals surface area contributed by atoms with Crippen molar-refractivity contribution < 1.29 is 101 Å². The normalized spacial score (nSPS) is 26.3. The number of allylic oxidation sites excluding steroid dienone is 6. The van der Waals surface area contributed by atoms with Gasteiger partial charge in [0.25, 0.3) is 23.6 Å². The number of nitrogens with two attached hydrogens (primary N) is 3. The molecule has 3 saturated heterocycles. The molecule has 15 atom stereocenters. The van der Waals surface area contributed by atoms with Crippen molar-refractivity contribution in [2.75, 3.05) is 141 Å². The average molecular weight is 1910 g/mol. The summed E-state index contributed by atoms with van der Waals surface area (Å²) in [5.74, 6) is -8.31. The van der Waals surface area contributed by atoms with Crippen molar-refractivity contribution in [3.8, 4) is 11.3 Å². The molecule has 6 aliphatic heterocycles. The van der Waals surface area contributed by atoms with Gasteiger partial charge in [0.2, 0.25) is 23.6 Å². The van der Waals surface area contributed by atoms with Gasteiger partial charge in [0.1, 0.15) is 59.6 Å². The Kier molecular flexibility index (Phi) is 35.5. The Hall–Kier alpha value is -11.5. The molecule has 2 bridgehead atoms. The lowest BCUT2D eigenvalue weighted by Gasteiger charge is -2.42. The van der Waals surface area contributed by atoms with Gasteiger partial charge in [0.15, 0.2) is 17.0 Å². The molecule has 14 rings (SSSR count). The number of carbonyl (C=O) groups is 8. The van der Waals surface area contributed by atoms with E-state index in [9.17, 15) is 53.7 Å². The predicted octanol–water partition coefficient (Wildman–Crippen LogP) is 7.26. The molecule has 2 aromatic carbocycles. The zero-order chi connectivity index (χ0) is 97.8. The topological polar surface area (TPSA) is 508 Å². The van der Waals surface area contributed by atoms with Gasteiger partial charge in [-0.05, 0) is 142 Å². The van der Waals surface area contributed by atoms with Crippen LogP contribution in [-0.2, 0) is 104 Å². The smallest absolute Gasteiger partial charge is 0.410 e. The van der Waals surface area contributed by atoms with Gasteiger partial charge in [-0.25, -0.2) is 44.2 Å². The van der Waals surface area contributed by atoms with Gasteiger partial charge >= 0.3 is 12.1 Å². The molecule has 39 nitrogen and oxygen atoms in total. The van der Waals surface area contributed by atoms with Crippen LogP contribution < -0.4 is 32.3 Å². The Bertz CT molecular complexity index is 5550. The number of ether oxygens (including phenoxy) is 9. The number of nitrogen functional groups attached to an aromatic ring is 2. The van der Waals surface area contributed by atoms with E-state index in [2.05, 4.69) is 47.3 Å². The number of nitrogens with one attached hydrogen (secondary N) is 1. The Morgan fingerprint density at radius 3 is 2.15 bits per heavy atom. The number of aliphatic hydroxyl groups excluding tert-OH is 2. The highest BCUT2D eigenvalue weighted by molar-refractivity contribution is 6.39. The number of aromatic nitrogens is 9. The van der Waals surface area contributed by atoms with E-state index in [-0.39, 0.29) is 93.8 Å². The van der Waals surface area contributed by atoms with Crippen LogP contribution in [0.2, 0.25) is 0 Å². The third-order valence-corrected chi connectivity index (χ3v) is 27.5. The number of esters is 1. The minimum atomic E-state index is -2.52. The number of carbonyl (C=O) groups excluding carboxylic acids is 8. The fourth-order valence-electron chi connectivity index (χ4n) is 19.3. The lowest BCUT2D eigenvalue weighted by molar-refractivity contribution is -0.265. The van der Waals surface area contributed by atoms with Gasteiger partial charge in [-0.3, -0.25) is 28.8 Å². The first-order chi connectivity index (χ1) is 66.5. The molecule has 138 heavy (non-hydrogen) atoms. The fraction of sp³-hybridized carbons (Fsp3) is 0.576. The number of fused-ring (bicyclic) bond motifs is 7. The van der Waals surface area contributed by atoms with Crippen molar-refractivity contribution in [2.24, 2.45) is 35.3 Å². The summed E-state index contributed by atoms with van der Waals surface area (Å²) >= 11 is 0. The number of aliphatic hydroxyl groups is 3. The molecule has 0 unspecified atom stereocenters. The number of cyclic esters (lactones) is 1. The van der Waals surface area contributed by atoms with E-state index in [0.29, 0.717) is 207 Å². The largest absolute Gasteiger partial charge is 0.459 e. The second kappa shape index (κ2) is 47.9.